The van der Waals surface area contributed by atoms with Gasteiger partial charge in [0.05, 0.1) is 7.11 Å². The van der Waals surface area contributed by atoms with Gasteiger partial charge in [0.25, 0.3) is 0 Å². The third-order valence-electron chi connectivity index (χ3n) is 3.54. The van der Waals surface area contributed by atoms with Crippen molar-refractivity contribution in [3.63, 3.8) is 0 Å². The lowest BCUT2D eigenvalue weighted by Crippen LogP contribution is -2.05. The zero-order chi connectivity index (χ0) is 16.2. The van der Waals surface area contributed by atoms with Gasteiger partial charge in [-0.25, -0.2) is 9.79 Å². The van der Waals surface area contributed by atoms with Gasteiger partial charge in [0.15, 0.2) is 5.70 Å². The predicted octanol–water partition coefficient (Wildman–Crippen LogP) is 3.00. The molecule has 0 saturated heterocycles. The zero-order valence-corrected chi connectivity index (χ0v) is 12.9. The summed E-state index contributed by atoms with van der Waals surface area (Å²) in [6, 6.07) is 9.26. The van der Waals surface area contributed by atoms with Gasteiger partial charge in [-0.1, -0.05) is 13.0 Å². The highest BCUT2D eigenvalue weighted by Crippen LogP contribution is 2.24. The number of rotatable bonds is 4. The SMILES string of the molecule is CCc1cc(/C=C2/N=C(c3ccncc3)OC2=O)ccc1OC. The van der Waals surface area contributed by atoms with Crippen LogP contribution in [0.15, 0.2) is 53.4 Å². The van der Waals surface area contributed by atoms with Gasteiger partial charge in [0.1, 0.15) is 5.75 Å². The average Bonchev–Trinajstić information content (AvgIpc) is 2.96. The van der Waals surface area contributed by atoms with E-state index in [9.17, 15) is 4.79 Å². The van der Waals surface area contributed by atoms with Crippen molar-refractivity contribution in [2.24, 2.45) is 4.99 Å². The second-order valence-corrected chi connectivity index (χ2v) is 5.00. The van der Waals surface area contributed by atoms with E-state index in [1.54, 1.807) is 37.7 Å². The maximum absolute atomic E-state index is 12.0. The van der Waals surface area contributed by atoms with Crippen LogP contribution in [0.3, 0.4) is 0 Å². The molecule has 0 fully saturated rings. The Morgan fingerprint density at radius 1 is 1.22 bits per heavy atom. The second kappa shape index (κ2) is 6.44. The minimum Gasteiger partial charge on any atom is -0.496 e. The van der Waals surface area contributed by atoms with E-state index in [-0.39, 0.29) is 5.70 Å². The van der Waals surface area contributed by atoms with Crippen LogP contribution in [-0.2, 0) is 16.0 Å². The molecule has 1 aromatic carbocycles. The van der Waals surface area contributed by atoms with Crippen LogP contribution in [0.1, 0.15) is 23.6 Å². The second-order valence-electron chi connectivity index (χ2n) is 5.00. The van der Waals surface area contributed by atoms with Crippen molar-refractivity contribution in [1.82, 2.24) is 4.98 Å². The van der Waals surface area contributed by atoms with Crippen LogP contribution < -0.4 is 4.74 Å². The number of carbonyl (C=O) groups excluding carboxylic acids is 1. The number of hydrogen-bond acceptors (Lipinski definition) is 5. The molecule has 5 heteroatoms. The number of ether oxygens (including phenoxy) is 2. The van der Waals surface area contributed by atoms with E-state index in [0.29, 0.717) is 5.90 Å². The van der Waals surface area contributed by atoms with Crippen molar-refractivity contribution in [2.75, 3.05) is 7.11 Å². The highest BCUT2D eigenvalue weighted by Gasteiger charge is 2.24. The highest BCUT2D eigenvalue weighted by atomic mass is 16.6. The van der Waals surface area contributed by atoms with Crippen LogP contribution in [0.25, 0.3) is 6.08 Å². The van der Waals surface area contributed by atoms with Crippen molar-refractivity contribution in [3.8, 4) is 5.75 Å². The van der Waals surface area contributed by atoms with Crippen molar-refractivity contribution in [2.45, 2.75) is 13.3 Å². The van der Waals surface area contributed by atoms with E-state index < -0.39 is 5.97 Å². The van der Waals surface area contributed by atoms with Gasteiger partial charge in [-0.15, -0.1) is 0 Å². The summed E-state index contributed by atoms with van der Waals surface area (Å²) in [5, 5.41) is 0. The molecule has 1 aliphatic heterocycles. The van der Waals surface area contributed by atoms with E-state index in [0.717, 1.165) is 28.9 Å². The van der Waals surface area contributed by atoms with E-state index >= 15 is 0 Å². The van der Waals surface area contributed by atoms with Gasteiger partial charge in [-0.3, -0.25) is 4.98 Å². The zero-order valence-electron chi connectivity index (χ0n) is 12.9. The van der Waals surface area contributed by atoms with E-state index in [1.807, 2.05) is 18.2 Å². The van der Waals surface area contributed by atoms with E-state index in [1.165, 1.54) is 0 Å². The Labute approximate surface area is 134 Å². The minimum absolute atomic E-state index is 0.282. The smallest absolute Gasteiger partial charge is 0.363 e. The van der Waals surface area contributed by atoms with Crippen LogP contribution >= 0.6 is 0 Å². The number of aromatic nitrogens is 1. The lowest BCUT2D eigenvalue weighted by atomic mass is 10.1. The number of benzene rings is 1. The molecule has 2 heterocycles. The fourth-order valence-electron chi connectivity index (χ4n) is 2.35. The lowest BCUT2D eigenvalue weighted by molar-refractivity contribution is -0.129. The molecule has 0 aliphatic carbocycles. The summed E-state index contributed by atoms with van der Waals surface area (Å²) in [4.78, 5) is 20.2. The molecule has 0 amide bonds. The van der Waals surface area contributed by atoms with Gasteiger partial charge < -0.3 is 9.47 Å². The number of carbonyl (C=O) groups is 1. The number of esters is 1. The molecule has 5 nitrogen and oxygen atoms in total. The largest absolute Gasteiger partial charge is 0.496 e. The van der Waals surface area contributed by atoms with E-state index in [4.69, 9.17) is 9.47 Å². The number of cyclic esters (lactones) is 1. The minimum atomic E-state index is -0.453. The normalized spacial score (nSPS) is 15.5. The molecule has 0 N–H and O–H groups in total. The fourth-order valence-corrected chi connectivity index (χ4v) is 2.35. The summed E-state index contributed by atoms with van der Waals surface area (Å²) in [7, 11) is 1.65. The predicted molar refractivity (Wildman–Crippen MR) is 87.2 cm³/mol. The van der Waals surface area contributed by atoms with Gasteiger partial charge >= 0.3 is 5.97 Å². The molecule has 0 saturated carbocycles. The van der Waals surface area contributed by atoms with Gasteiger partial charge in [0.2, 0.25) is 5.90 Å². The first-order valence-corrected chi connectivity index (χ1v) is 7.31. The van der Waals surface area contributed by atoms with Crippen LogP contribution in [0, 0.1) is 0 Å². The molecule has 0 atom stereocenters. The number of methoxy groups -OCH3 is 1. The van der Waals surface area contributed by atoms with E-state index in [2.05, 4.69) is 16.9 Å². The quantitative estimate of drug-likeness (QED) is 0.643. The maximum atomic E-state index is 12.0. The molecule has 0 radical (unpaired) electrons. The standard InChI is InChI=1S/C18H16N2O3/c1-3-13-10-12(4-5-16(13)22-2)11-15-18(21)23-17(20-15)14-6-8-19-9-7-14/h4-11H,3H2,1-2H3/b15-11+. The Morgan fingerprint density at radius 2 is 2.00 bits per heavy atom. The summed E-state index contributed by atoms with van der Waals surface area (Å²) >= 11 is 0. The van der Waals surface area contributed by atoms with Crippen molar-refractivity contribution in [1.29, 1.82) is 0 Å². The maximum Gasteiger partial charge on any atom is 0.363 e. The summed E-state index contributed by atoms with van der Waals surface area (Å²) < 4.78 is 10.5. The van der Waals surface area contributed by atoms with Gasteiger partial charge in [0, 0.05) is 18.0 Å². The molecule has 23 heavy (non-hydrogen) atoms. The molecule has 2 aromatic rings. The van der Waals surface area contributed by atoms with Crippen molar-refractivity contribution >= 4 is 17.9 Å². The molecule has 0 bridgehead atoms. The Bertz CT molecular complexity index is 795. The molecule has 1 aromatic heterocycles. The highest BCUT2D eigenvalue weighted by molar-refractivity contribution is 6.12. The number of nitrogens with zero attached hydrogens (tertiary/aromatic N) is 2. The molecule has 116 valence electrons. The van der Waals surface area contributed by atoms with Crippen LogP contribution in [-0.4, -0.2) is 24.0 Å². The van der Waals surface area contributed by atoms with Crippen LogP contribution in [0.4, 0.5) is 0 Å². The van der Waals surface area contributed by atoms with Crippen LogP contribution in [0.5, 0.6) is 5.75 Å². The third kappa shape index (κ3) is 3.13. The molecule has 0 spiro atoms. The number of aryl methyl sites for hydroxylation is 1. The van der Waals surface area contributed by atoms with Crippen molar-refractivity contribution < 1.29 is 14.3 Å². The Balaban J connectivity index is 1.93. The summed E-state index contributed by atoms with van der Waals surface area (Å²) in [6.07, 6.45) is 5.82. The molecular weight excluding hydrogens is 292 g/mol. The lowest BCUT2D eigenvalue weighted by Gasteiger charge is -2.07. The van der Waals surface area contributed by atoms with Gasteiger partial charge in [-0.05, 0) is 47.9 Å². The monoisotopic (exact) mass is 308 g/mol. The first kappa shape index (κ1) is 15.0. The summed E-state index contributed by atoms with van der Waals surface area (Å²) in [5.41, 5.74) is 2.96. The Kier molecular flexibility index (Phi) is 4.19. The van der Waals surface area contributed by atoms with Crippen molar-refractivity contribution in [3.05, 3.63) is 65.1 Å². The third-order valence-corrected chi connectivity index (χ3v) is 3.54. The fraction of sp³-hybridized carbons (Fsp3) is 0.167. The Morgan fingerprint density at radius 3 is 2.70 bits per heavy atom. The molecule has 3 rings (SSSR count). The number of aliphatic imine (C=N–C) groups is 1. The number of hydrogen-bond donors (Lipinski definition) is 0. The average molecular weight is 308 g/mol. The molecule has 1 aliphatic rings. The summed E-state index contributed by atoms with van der Waals surface area (Å²) in [5.74, 6) is 0.683. The first-order chi connectivity index (χ1) is 11.2. The van der Waals surface area contributed by atoms with Crippen LogP contribution in [0.2, 0.25) is 0 Å². The number of pyridine rings is 1. The topological polar surface area (TPSA) is 60.8 Å². The Hall–Kier alpha value is -2.95. The molecule has 0 unspecified atom stereocenters. The molecular formula is C18H16N2O3. The first-order valence-electron chi connectivity index (χ1n) is 7.31. The summed E-state index contributed by atoms with van der Waals surface area (Å²) in [6.45, 7) is 2.05. The van der Waals surface area contributed by atoms with Gasteiger partial charge in [-0.2, -0.15) is 0 Å².